The zero-order valence-corrected chi connectivity index (χ0v) is 19.2. The van der Waals surface area contributed by atoms with E-state index in [1.54, 1.807) is 35.1 Å². The van der Waals surface area contributed by atoms with Gasteiger partial charge in [-0.3, -0.25) is 9.20 Å². The van der Waals surface area contributed by atoms with Crippen LogP contribution in [0.4, 0.5) is 5.69 Å². The number of halogens is 1. The van der Waals surface area contributed by atoms with E-state index < -0.39 is 5.97 Å². The first-order chi connectivity index (χ1) is 15.5. The van der Waals surface area contributed by atoms with Crippen molar-refractivity contribution < 1.29 is 19.1 Å². The Morgan fingerprint density at radius 2 is 2.09 bits per heavy atom. The third-order valence-electron chi connectivity index (χ3n) is 4.29. The van der Waals surface area contributed by atoms with Crippen LogP contribution in [-0.4, -0.2) is 33.4 Å². The second-order valence-electron chi connectivity index (χ2n) is 6.44. The van der Waals surface area contributed by atoms with Gasteiger partial charge in [0.25, 0.3) is 0 Å². The zero-order valence-electron chi connectivity index (χ0n) is 16.8. The van der Waals surface area contributed by atoms with E-state index in [1.807, 2.05) is 23.7 Å². The third-order valence-corrected chi connectivity index (χ3v) is 6.22. The normalized spacial score (nSPS) is 11.2. The molecule has 1 aromatic carbocycles. The van der Waals surface area contributed by atoms with Crippen molar-refractivity contribution in [1.82, 2.24) is 14.4 Å². The fourth-order valence-corrected chi connectivity index (χ4v) is 4.62. The molecule has 3 heterocycles. The molecule has 11 heteroatoms. The van der Waals surface area contributed by atoms with E-state index in [9.17, 15) is 9.59 Å². The Morgan fingerprint density at radius 1 is 1.25 bits per heavy atom. The van der Waals surface area contributed by atoms with Gasteiger partial charge in [-0.15, -0.1) is 22.7 Å². The van der Waals surface area contributed by atoms with Crippen LogP contribution >= 0.6 is 34.3 Å². The molecule has 0 bridgehead atoms. The van der Waals surface area contributed by atoms with Crippen LogP contribution in [-0.2, 0) is 27.4 Å². The summed E-state index contributed by atoms with van der Waals surface area (Å²) in [6.07, 6.45) is 4.78. The van der Waals surface area contributed by atoms with Gasteiger partial charge in [0.1, 0.15) is 17.4 Å². The predicted molar refractivity (Wildman–Crippen MR) is 124 cm³/mol. The molecular formula is C21H17ClN4O4S2. The number of carbonyl (C=O) groups excluding carboxylic acids is 2. The van der Waals surface area contributed by atoms with Gasteiger partial charge in [0, 0.05) is 23.0 Å². The topological polar surface area (TPSA) is 94.8 Å². The molecule has 32 heavy (non-hydrogen) atoms. The van der Waals surface area contributed by atoms with E-state index >= 15 is 0 Å². The van der Waals surface area contributed by atoms with Crippen molar-refractivity contribution in [3.63, 3.8) is 0 Å². The van der Waals surface area contributed by atoms with Crippen LogP contribution in [0.1, 0.15) is 16.4 Å². The second-order valence-corrected chi connectivity index (χ2v) is 8.62. The highest BCUT2D eigenvalue weighted by Crippen LogP contribution is 2.24. The van der Waals surface area contributed by atoms with Gasteiger partial charge >= 0.3 is 5.97 Å². The van der Waals surface area contributed by atoms with Crippen LogP contribution in [0.25, 0.3) is 11.0 Å². The highest BCUT2D eigenvalue weighted by atomic mass is 35.5. The van der Waals surface area contributed by atoms with Gasteiger partial charge in [0.05, 0.1) is 30.6 Å². The summed E-state index contributed by atoms with van der Waals surface area (Å²) < 4.78 is 12.3. The Morgan fingerprint density at radius 3 is 2.94 bits per heavy atom. The number of rotatable bonds is 8. The van der Waals surface area contributed by atoms with E-state index in [-0.39, 0.29) is 18.9 Å². The molecule has 4 rings (SSSR count). The number of benzene rings is 1. The molecule has 3 aromatic heterocycles. The quantitative estimate of drug-likeness (QED) is 0.291. The molecule has 0 aliphatic rings. The summed E-state index contributed by atoms with van der Waals surface area (Å²) in [5.41, 5.74) is 1.77. The molecular weight excluding hydrogens is 472 g/mol. The number of para-hydroxylation sites is 2. The molecule has 0 saturated carbocycles. The molecule has 0 atom stereocenters. The number of amides is 1. The Bertz CT molecular complexity index is 1290. The number of ether oxygens (including phenoxy) is 2. The number of thiazole rings is 2. The van der Waals surface area contributed by atoms with Crippen molar-refractivity contribution in [3.8, 4) is 5.75 Å². The highest BCUT2D eigenvalue weighted by Gasteiger charge is 2.12. The lowest BCUT2D eigenvalue weighted by Crippen LogP contribution is -2.15. The molecule has 1 amide bonds. The van der Waals surface area contributed by atoms with Crippen molar-refractivity contribution in [2.45, 2.75) is 13.0 Å². The number of methoxy groups -OCH3 is 1. The first-order valence-corrected chi connectivity index (χ1v) is 11.5. The molecule has 1 N–H and O–H groups in total. The highest BCUT2D eigenvalue weighted by molar-refractivity contribution is 7.15. The largest absolute Gasteiger partial charge is 0.495 e. The summed E-state index contributed by atoms with van der Waals surface area (Å²) in [6.45, 7) is 0.00178. The maximum atomic E-state index is 12.3. The number of nitrogens with zero attached hydrogens (tertiary/aromatic N) is 3. The van der Waals surface area contributed by atoms with Crippen molar-refractivity contribution in [1.29, 1.82) is 0 Å². The minimum atomic E-state index is -0.533. The van der Waals surface area contributed by atoms with Gasteiger partial charge < -0.3 is 14.8 Å². The molecule has 0 saturated heterocycles. The van der Waals surface area contributed by atoms with Crippen LogP contribution in [0, 0.1) is 0 Å². The minimum absolute atomic E-state index is 0.00178. The first kappa shape index (κ1) is 22.0. The van der Waals surface area contributed by atoms with Crippen molar-refractivity contribution in [2.24, 2.45) is 0 Å². The van der Waals surface area contributed by atoms with Crippen LogP contribution in [0.5, 0.6) is 5.75 Å². The van der Waals surface area contributed by atoms with Gasteiger partial charge in [0.2, 0.25) is 5.91 Å². The van der Waals surface area contributed by atoms with Crippen LogP contribution in [0.15, 0.2) is 47.3 Å². The summed E-state index contributed by atoms with van der Waals surface area (Å²) >= 11 is 8.87. The van der Waals surface area contributed by atoms with E-state index in [1.165, 1.54) is 28.7 Å². The van der Waals surface area contributed by atoms with Crippen molar-refractivity contribution in [3.05, 3.63) is 68.8 Å². The smallest absolute Gasteiger partial charge is 0.331 e. The van der Waals surface area contributed by atoms with Gasteiger partial charge in [-0.25, -0.2) is 14.8 Å². The first-order valence-electron chi connectivity index (χ1n) is 9.35. The molecule has 0 fully saturated rings. The number of esters is 1. The lowest BCUT2D eigenvalue weighted by molar-refractivity contribution is -0.139. The third kappa shape index (κ3) is 5.16. The fraction of sp³-hybridized carbons (Fsp3) is 0.143. The lowest BCUT2D eigenvalue weighted by Gasteiger charge is -2.08. The monoisotopic (exact) mass is 488 g/mol. The van der Waals surface area contributed by atoms with Gasteiger partial charge in [-0.2, -0.15) is 0 Å². The van der Waals surface area contributed by atoms with Gasteiger partial charge in [-0.1, -0.05) is 23.7 Å². The molecule has 4 aromatic rings. The van der Waals surface area contributed by atoms with Crippen LogP contribution < -0.4 is 10.1 Å². The Kier molecular flexibility index (Phi) is 6.84. The molecule has 164 valence electrons. The van der Waals surface area contributed by atoms with Crippen LogP contribution in [0.2, 0.25) is 5.15 Å². The number of imidazole rings is 1. The van der Waals surface area contributed by atoms with E-state index in [0.717, 1.165) is 4.96 Å². The maximum absolute atomic E-state index is 12.3. The molecule has 0 spiro atoms. The fourth-order valence-electron chi connectivity index (χ4n) is 2.84. The summed E-state index contributed by atoms with van der Waals surface area (Å²) in [4.78, 5) is 33.7. The molecule has 0 aliphatic heterocycles. The number of hydrogen-bond acceptors (Lipinski definition) is 8. The number of fused-ring (bicyclic) bond motifs is 1. The van der Waals surface area contributed by atoms with Gasteiger partial charge in [-0.05, 0) is 18.2 Å². The number of aromatic nitrogens is 3. The lowest BCUT2D eigenvalue weighted by atomic mass is 10.3. The Labute approximate surface area is 196 Å². The summed E-state index contributed by atoms with van der Waals surface area (Å²) in [5.74, 6) is -0.167. The molecule has 0 aliphatic carbocycles. The average molecular weight is 489 g/mol. The predicted octanol–water partition coefficient (Wildman–Crippen LogP) is 4.45. The van der Waals surface area contributed by atoms with E-state index in [0.29, 0.717) is 33.0 Å². The Balaban J connectivity index is 1.29. The van der Waals surface area contributed by atoms with E-state index in [4.69, 9.17) is 21.1 Å². The number of nitrogens with one attached hydrogen (secondary N) is 1. The maximum Gasteiger partial charge on any atom is 0.331 e. The molecule has 0 unspecified atom stereocenters. The standard InChI is InChI=1S/C21H17ClN4O4S2/c1-29-16-5-3-2-4-14(16)24-17(27)10-18-23-13(12-32-18)11-30-19(28)7-6-15-20(22)25-21-26(15)8-9-31-21/h2-9,12H,10-11H2,1H3,(H,24,27)/b7-6+. The Hall–Kier alpha value is -3.21. The average Bonchev–Trinajstić information content (AvgIpc) is 3.48. The van der Waals surface area contributed by atoms with Crippen molar-refractivity contribution >= 4 is 62.9 Å². The number of anilines is 1. The zero-order chi connectivity index (χ0) is 22.5. The minimum Gasteiger partial charge on any atom is -0.495 e. The molecule has 0 radical (unpaired) electrons. The summed E-state index contributed by atoms with van der Waals surface area (Å²) in [6, 6.07) is 7.17. The summed E-state index contributed by atoms with van der Waals surface area (Å²) in [7, 11) is 1.54. The SMILES string of the molecule is COc1ccccc1NC(=O)Cc1nc(COC(=O)/C=C/c2c(Cl)nc3sccn23)cs1. The summed E-state index contributed by atoms with van der Waals surface area (Å²) in [5, 5.41) is 7.37. The number of carbonyl (C=O) groups is 2. The van der Waals surface area contributed by atoms with Gasteiger partial charge in [0.15, 0.2) is 10.1 Å². The van der Waals surface area contributed by atoms with Crippen molar-refractivity contribution in [2.75, 3.05) is 12.4 Å². The second kappa shape index (κ2) is 9.94. The number of hydrogen-bond donors (Lipinski definition) is 1. The van der Waals surface area contributed by atoms with E-state index in [2.05, 4.69) is 15.3 Å². The molecule has 8 nitrogen and oxygen atoms in total. The van der Waals surface area contributed by atoms with Crippen LogP contribution in [0.3, 0.4) is 0 Å².